The molecule has 1 unspecified atom stereocenters. The molecule has 1 aromatic heterocycles. The van der Waals surface area contributed by atoms with E-state index in [0.717, 1.165) is 22.5 Å². The maximum atomic E-state index is 14.7. The van der Waals surface area contributed by atoms with Crippen LogP contribution < -0.4 is 5.32 Å². The summed E-state index contributed by atoms with van der Waals surface area (Å²) in [6.45, 7) is 4.42. The van der Waals surface area contributed by atoms with Crippen molar-refractivity contribution in [3.05, 3.63) is 185 Å². The number of benzene rings is 5. The molecule has 0 aliphatic heterocycles. The second kappa shape index (κ2) is 18.8. The van der Waals surface area contributed by atoms with E-state index < -0.39 is 29.9 Å². The number of esters is 1. The predicted octanol–water partition coefficient (Wildman–Crippen LogP) is 10.9. The summed E-state index contributed by atoms with van der Waals surface area (Å²) in [4.78, 5) is 28.5. The molecule has 59 heavy (non-hydrogen) atoms. The Morgan fingerprint density at radius 2 is 1.27 bits per heavy atom. The van der Waals surface area contributed by atoms with Crippen molar-refractivity contribution in [2.75, 3.05) is 5.32 Å². The van der Waals surface area contributed by atoms with Crippen LogP contribution in [0.3, 0.4) is 0 Å². The molecule has 1 aliphatic carbocycles. The number of carbonyl (C=O) groups excluding carboxylic acids is 2. The number of rotatable bonds is 15. The smallest absolute Gasteiger partial charge is 0.309 e. The van der Waals surface area contributed by atoms with Gasteiger partial charge in [-0.15, -0.1) is 0 Å². The lowest BCUT2D eigenvalue weighted by Crippen LogP contribution is -2.38. The normalized spacial score (nSPS) is 16.6. The summed E-state index contributed by atoms with van der Waals surface area (Å²) in [6, 6.07) is 46.7. The van der Waals surface area contributed by atoms with E-state index in [0.29, 0.717) is 60.2 Å². The highest BCUT2D eigenvalue weighted by Crippen LogP contribution is 2.46. The van der Waals surface area contributed by atoms with Crippen LogP contribution in [0.2, 0.25) is 0 Å². The third-order valence-corrected chi connectivity index (χ3v) is 11.5. The summed E-state index contributed by atoms with van der Waals surface area (Å²) in [7, 11) is 0. The molecule has 0 radical (unpaired) electrons. The first-order chi connectivity index (χ1) is 28.6. The number of hydrogen-bond donors (Lipinski definition) is 3. The molecule has 1 saturated carbocycles. The molecule has 1 aliphatic rings. The van der Waals surface area contributed by atoms with Crippen LogP contribution in [-0.2, 0) is 21.7 Å². The molecule has 7 rings (SSSR count). The van der Waals surface area contributed by atoms with Crippen LogP contribution in [0.15, 0.2) is 152 Å². The average molecular weight is 793 g/mol. The number of nitrogens with zero attached hydrogens (tertiary/aromatic N) is 1. The number of para-hydroxylation sites is 1. The van der Waals surface area contributed by atoms with Gasteiger partial charge < -0.3 is 24.8 Å². The van der Waals surface area contributed by atoms with Gasteiger partial charge in [0.15, 0.2) is 11.7 Å². The van der Waals surface area contributed by atoms with Gasteiger partial charge in [-0.25, -0.2) is 4.39 Å². The molecule has 8 heteroatoms. The second-order valence-electron chi connectivity index (χ2n) is 15.9. The predicted molar refractivity (Wildman–Crippen MR) is 231 cm³/mol. The summed E-state index contributed by atoms with van der Waals surface area (Å²) in [5.41, 5.74) is 4.69. The van der Waals surface area contributed by atoms with Crippen molar-refractivity contribution in [3.63, 3.8) is 0 Å². The average Bonchev–Trinajstić information content (AvgIpc) is 3.62. The quantitative estimate of drug-likeness (QED) is 0.0899. The second-order valence-corrected chi connectivity index (χ2v) is 15.9. The molecule has 7 nitrogen and oxygen atoms in total. The SMILES string of the molecule is CC(C)c1c(C(=O)Nc2ccccc2)c(-c2ccccc2)c(C2CCC(F)CC2)n1CC[C@@H](O)CC(=O)OC(c1ccccc1)C(O)(c1ccccc1)c1ccccc1. The Morgan fingerprint density at radius 3 is 1.81 bits per heavy atom. The zero-order chi connectivity index (χ0) is 41.4. The number of ether oxygens (including phenoxy) is 1. The van der Waals surface area contributed by atoms with Gasteiger partial charge in [0.25, 0.3) is 5.91 Å². The maximum Gasteiger partial charge on any atom is 0.309 e. The molecular formula is C51H53FN2O5. The van der Waals surface area contributed by atoms with E-state index in [1.165, 1.54) is 0 Å². The van der Waals surface area contributed by atoms with Gasteiger partial charge in [-0.05, 0) is 72.4 Å². The molecule has 1 fully saturated rings. The maximum absolute atomic E-state index is 14.7. The zero-order valence-electron chi connectivity index (χ0n) is 33.7. The molecule has 0 spiro atoms. The molecule has 6 aromatic rings. The number of carbonyl (C=O) groups is 2. The van der Waals surface area contributed by atoms with E-state index in [-0.39, 0.29) is 30.6 Å². The standard InChI is InChI=1S/C51H53FN2O5/c1-35(2)47-46(50(57)53-42-26-16-7-17-27-42)45(36-18-8-3-9-19-36)48(37-28-30-41(52)31-29-37)54(47)33-32-43(55)34-44(56)59-49(38-20-10-4-11-21-38)51(58,39-22-12-5-13-23-39)40-24-14-6-15-25-40/h3-27,35,37,41,43,49,55,58H,28-34H2,1-2H3,(H,53,57)/t37?,41?,43-,49?/m1/s1. The molecule has 5 aromatic carbocycles. The number of anilines is 1. The van der Waals surface area contributed by atoms with Crippen molar-refractivity contribution < 1.29 is 28.9 Å². The third-order valence-electron chi connectivity index (χ3n) is 11.5. The lowest BCUT2D eigenvalue weighted by Gasteiger charge is -2.37. The summed E-state index contributed by atoms with van der Waals surface area (Å²) >= 11 is 0. The van der Waals surface area contributed by atoms with E-state index in [1.54, 1.807) is 0 Å². The Morgan fingerprint density at radius 1 is 0.763 bits per heavy atom. The molecule has 0 bridgehead atoms. The first kappa shape index (κ1) is 41.3. The van der Waals surface area contributed by atoms with Gasteiger partial charge >= 0.3 is 5.97 Å². The fourth-order valence-corrected chi connectivity index (χ4v) is 8.72. The molecular weight excluding hydrogens is 740 g/mol. The van der Waals surface area contributed by atoms with E-state index in [4.69, 9.17) is 4.74 Å². The van der Waals surface area contributed by atoms with Crippen molar-refractivity contribution >= 4 is 17.6 Å². The monoisotopic (exact) mass is 792 g/mol. The van der Waals surface area contributed by atoms with Crippen LogP contribution in [0, 0.1) is 0 Å². The van der Waals surface area contributed by atoms with Gasteiger partial charge in [0, 0.05) is 35.1 Å². The largest absolute Gasteiger partial charge is 0.454 e. The Kier molecular flexibility index (Phi) is 13.2. The zero-order valence-corrected chi connectivity index (χ0v) is 33.7. The van der Waals surface area contributed by atoms with E-state index in [1.807, 2.05) is 152 Å². The topological polar surface area (TPSA) is 101 Å². The van der Waals surface area contributed by atoms with Crippen LogP contribution in [0.1, 0.15) is 109 Å². The lowest BCUT2D eigenvalue weighted by molar-refractivity contribution is -0.165. The lowest BCUT2D eigenvalue weighted by atomic mass is 9.79. The summed E-state index contributed by atoms with van der Waals surface area (Å²) in [5, 5.41) is 27.5. The Labute approximate surface area is 346 Å². The number of aliphatic hydroxyl groups is 2. The summed E-state index contributed by atoms with van der Waals surface area (Å²) in [5.74, 6) is -1.01. The summed E-state index contributed by atoms with van der Waals surface area (Å²) in [6.07, 6.45) is -1.14. The number of halogens is 1. The van der Waals surface area contributed by atoms with E-state index >= 15 is 0 Å². The highest BCUT2D eigenvalue weighted by atomic mass is 19.1. The first-order valence-corrected chi connectivity index (χ1v) is 20.7. The summed E-state index contributed by atoms with van der Waals surface area (Å²) < 4.78 is 23.1. The van der Waals surface area contributed by atoms with Gasteiger partial charge in [0.2, 0.25) is 0 Å². The van der Waals surface area contributed by atoms with Crippen molar-refractivity contribution in [1.82, 2.24) is 4.57 Å². The number of aliphatic hydroxyl groups excluding tert-OH is 1. The number of amides is 1. The van der Waals surface area contributed by atoms with Crippen LogP contribution in [0.5, 0.6) is 0 Å². The number of hydrogen-bond acceptors (Lipinski definition) is 5. The molecule has 0 saturated heterocycles. The minimum absolute atomic E-state index is 0.0182. The number of aromatic nitrogens is 1. The Hall–Kier alpha value is -5.83. The van der Waals surface area contributed by atoms with Crippen LogP contribution in [0.4, 0.5) is 10.1 Å². The minimum Gasteiger partial charge on any atom is -0.454 e. The third kappa shape index (κ3) is 9.25. The highest BCUT2D eigenvalue weighted by Gasteiger charge is 2.44. The van der Waals surface area contributed by atoms with Crippen molar-refractivity contribution in [3.8, 4) is 11.1 Å². The number of nitrogens with one attached hydrogen (secondary N) is 1. The van der Waals surface area contributed by atoms with E-state index in [2.05, 4.69) is 23.7 Å². The molecule has 2 atom stereocenters. The van der Waals surface area contributed by atoms with Gasteiger partial charge in [0.05, 0.1) is 18.1 Å². The Balaban J connectivity index is 1.22. The minimum atomic E-state index is -1.75. The van der Waals surface area contributed by atoms with Crippen molar-refractivity contribution in [2.24, 2.45) is 0 Å². The molecule has 1 amide bonds. The first-order valence-electron chi connectivity index (χ1n) is 20.7. The van der Waals surface area contributed by atoms with Crippen molar-refractivity contribution in [2.45, 2.75) is 94.7 Å². The van der Waals surface area contributed by atoms with Crippen LogP contribution in [-0.4, -0.2) is 38.9 Å². The van der Waals surface area contributed by atoms with Gasteiger partial charge in [-0.3, -0.25) is 9.59 Å². The van der Waals surface area contributed by atoms with Crippen LogP contribution in [0.25, 0.3) is 11.1 Å². The van der Waals surface area contributed by atoms with Gasteiger partial charge in [0.1, 0.15) is 6.17 Å². The van der Waals surface area contributed by atoms with Crippen molar-refractivity contribution in [1.29, 1.82) is 0 Å². The molecule has 1 heterocycles. The fraction of sp³-hybridized carbons (Fsp3) is 0.294. The Bertz CT molecular complexity index is 2230. The van der Waals surface area contributed by atoms with E-state index in [9.17, 15) is 24.2 Å². The molecule has 3 N–H and O–H groups in total. The molecule has 304 valence electrons. The van der Waals surface area contributed by atoms with Gasteiger partial charge in [-0.1, -0.05) is 153 Å². The van der Waals surface area contributed by atoms with Gasteiger partial charge in [-0.2, -0.15) is 0 Å². The fourth-order valence-electron chi connectivity index (χ4n) is 8.72. The van der Waals surface area contributed by atoms with Crippen LogP contribution >= 0.6 is 0 Å². The highest BCUT2D eigenvalue weighted by molar-refractivity contribution is 6.10. The number of alkyl halides is 1.